The zero-order chi connectivity index (χ0) is 14.7. The molecule has 1 atom stereocenters. The second-order valence-corrected chi connectivity index (χ2v) is 5.74. The molecule has 0 spiro atoms. The number of aliphatic hydroxyl groups excluding tert-OH is 1. The molecule has 5 nitrogen and oxygen atoms in total. The van der Waals surface area contributed by atoms with Gasteiger partial charge in [-0.05, 0) is 38.5 Å². The molecule has 3 N–H and O–H groups in total. The molecule has 0 saturated heterocycles. The number of nitrogens with one attached hydrogen (secondary N) is 2. The molecule has 0 aliphatic heterocycles. The van der Waals surface area contributed by atoms with Crippen LogP contribution in [-0.4, -0.2) is 16.1 Å². The number of nitrogens with zero attached hydrogens (tertiary/aromatic N) is 1. The summed E-state index contributed by atoms with van der Waals surface area (Å²) in [6, 6.07) is 6.72. The van der Waals surface area contributed by atoms with Crippen LogP contribution in [0.4, 0.5) is 15.6 Å². The van der Waals surface area contributed by atoms with Crippen LogP contribution in [-0.2, 0) is 0 Å². The fourth-order valence-electron chi connectivity index (χ4n) is 1.63. The van der Waals surface area contributed by atoms with Gasteiger partial charge in [0.1, 0.15) is 0 Å². The van der Waals surface area contributed by atoms with Crippen molar-refractivity contribution in [1.29, 1.82) is 0 Å². The molecule has 0 radical (unpaired) electrons. The maximum absolute atomic E-state index is 11.8. The molecule has 1 heterocycles. The van der Waals surface area contributed by atoms with E-state index in [0.717, 1.165) is 16.1 Å². The lowest BCUT2D eigenvalue weighted by atomic mass is 10.1. The summed E-state index contributed by atoms with van der Waals surface area (Å²) >= 11 is 1.44. The first-order chi connectivity index (χ1) is 9.45. The number of aromatic nitrogens is 1. The van der Waals surface area contributed by atoms with Crippen molar-refractivity contribution in [1.82, 2.24) is 4.98 Å². The molecule has 0 saturated carbocycles. The van der Waals surface area contributed by atoms with E-state index in [2.05, 4.69) is 15.6 Å². The minimum absolute atomic E-state index is 0.330. The van der Waals surface area contributed by atoms with Gasteiger partial charge in [-0.1, -0.05) is 12.1 Å². The third-order valence-corrected chi connectivity index (χ3v) is 3.89. The lowest BCUT2D eigenvalue weighted by molar-refractivity contribution is 0.199. The van der Waals surface area contributed by atoms with Crippen LogP contribution in [0.15, 0.2) is 24.3 Å². The number of hydrogen-bond acceptors (Lipinski definition) is 4. The summed E-state index contributed by atoms with van der Waals surface area (Å²) in [5.41, 5.74) is 2.39. The minimum atomic E-state index is -0.515. The molecule has 1 aromatic heterocycles. The van der Waals surface area contributed by atoms with Gasteiger partial charge in [0, 0.05) is 10.6 Å². The Balaban J connectivity index is 1.97. The molecule has 1 aromatic carbocycles. The van der Waals surface area contributed by atoms with Crippen molar-refractivity contribution >= 4 is 28.2 Å². The van der Waals surface area contributed by atoms with Gasteiger partial charge < -0.3 is 10.4 Å². The number of benzene rings is 1. The SMILES string of the molecule is Cc1nc(NC(=O)Nc2ccc(C(C)O)cc2)sc1C. The van der Waals surface area contributed by atoms with Crippen molar-refractivity contribution in [3.8, 4) is 0 Å². The maximum Gasteiger partial charge on any atom is 0.325 e. The summed E-state index contributed by atoms with van der Waals surface area (Å²) in [6.45, 7) is 5.57. The largest absolute Gasteiger partial charge is 0.389 e. The summed E-state index contributed by atoms with van der Waals surface area (Å²) in [5.74, 6) is 0. The predicted molar refractivity (Wildman–Crippen MR) is 81.3 cm³/mol. The highest BCUT2D eigenvalue weighted by molar-refractivity contribution is 7.15. The van der Waals surface area contributed by atoms with Crippen molar-refractivity contribution in [3.63, 3.8) is 0 Å². The van der Waals surface area contributed by atoms with Gasteiger partial charge in [-0.15, -0.1) is 11.3 Å². The van der Waals surface area contributed by atoms with Gasteiger partial charge in [-0.2, -0.15) is 0 Å². The van der Waals surface area contributed by atoms with E-state index in [4.69, 9.17) is 0 Å². The third-order valence-electron chi connectivity index (χ3n) is 2.90. The quantitative estimate of drug-likeness (QED) is 0.810. The number of rotatable bonds is 3. The van der Waals surface area contributed by atoms with Crippen LogP contribution in [0.3, 0.4) is 0 Å². The molecule has 1 unspecified atom stereocenters. The van der Waals surface area contributed by atoms with E-state index >= 15 is 0 Å². The van der Waals surface area contributed by atoms with Crippen molar-refractivity contribution < 1.29 is 9.90 Å². The number of aryl methyl sites for hydroxylation is 2. The molecule has 20 heavy (non-hydrogen) atoms. The van der Waals surface area contributed by atoms with E-state index in [1.54, 1.807) is 31.2 Å². The number of hydrogen-bond donors (Lipinski definition) is 3. The standard InChI is InChI=1S/C14H17N3O2S/c1-8-10(3)20-14(15-8)17-13(19)16-12-6-4-11(5-7-12)9(2)18/h4-7,9,18H,1-3H3,(H2,15,16,17,19). The number of carbonyl (C=O) groups excluding carboxylic acids is 1. The molecule has 6 heteroatoms. The Morgan fingerprint density at radius 2 is 1.90 bits per heavy atom. The molecule has 0 aliphatic carbocycles. The maximum atomic E-state index is 11.8. The molecule has 0 aliphatic rings. The van der Waals surface area contributed by atoms with Gasteiger partial charge >= 0.3 is 6.03 Å². The monoisotopic (exact) mass is 291 g/mol. The highest BCUT2D eigenvalue weighted by Crippen LogP contribution is 2.21. The van der Waals surface area contributed by atoms with Crippen molar-refractivity contribution in [2.24, 2.45) is 0 Å². The number of thiazole rings is 1. The van der Waals surface area contributed by atoms with Crippen LogP contribution in [0.1, 0.15) is 29.2 Å². The summed E-state index contributed by atoms with van der Waals surface area (Å²) < 4.78 is 0. The van der Waals surface area contributed by atoms with Gasteiger partial charge in [-0.25, -0.2) is 9.78 Å². The van der Waals surface area contributed by atoms with Crippen LogP contribution in [0.5, 0.6) is 0 Å². The van der Waals surface area contributed by atoms with E-state index in [-0.39, 0.29) is 6.03 Å². The van der Waals surface area contributed by atoms with E-state index in [1.165, 1.54) is 11.3 Å². The van der Waals surface area contributed by atoms with Crippen molar-refractivity contribution in [2.75, 3.05) is 10.6 Å². The smallest absolute Gasteiger partial charge is 0.325 e. The Kier molecular flexibility index (Phi) is 4.36. The number of aliphatic hydroxyl groups is 1. The second-order valence-electron chi connectivity index (χ2n) is 4.54. The molecular weight excluding hydrogens is 274 g/mol. The lowest BCUT2D eigenvalue weighted by Crippen LogP contribution is -2.19. The molecule has 0 fully saturated rings. The number of amides is 2. The van der Waals surface area contributed by atoms with Gasteiger partial charge in [0.05, 0.1) is 11.8 Å². The number of anilines is 2. The Hall–Kier alpha value is -1.92. The molecule has 2 aromatic rings. The average Bonchev–Trinajstić information content (AvgIpc) is 2.68. The van der Waals surface area contributed by atoms with Crippen LogP contribution in [0.2, 0.25) is 0 Å². The van der Waals surface area contributed by atoms with E-state index in [9.17, 15) is 9.90 Å². The van der Waals surface area contributed by atoms with Gasteiger partial charge in [-0.3, -0.25) is 5.32 Å². The second kappa shape index (κ2) is 6.02. The highest BCUT2D eigenvalue weighted by atomic mass is 32.1. The minimum Gasteiger partial charge on any atom is -0.389 e. The first kappa shape index (κ1) is 14.5. The third kappa shape index (κ3) is 3.55. The number of urea groups is 1. The van der Waals surface area contributed by atoms with Crippen LogP contribution in [0, 0.1) is 13.8 Å². The van der Waals surface area contributed by atoms with Gasteiger partial charge in [0.25, 0.3) is 0 Å². The first-order valence-electron chi connectivity index (χ1n) is 6.26. The fourth-order valence-corrected chi connectivity index (χ4v) is 2.44. The average molecular weight is 291 g/mol. The summed E-state index contributed by atoms with van der Waals surface area (Å²) in [5, 5.41) is 15.4. The normalized spacial score (nSPS) is 12.0. The fraction of sp³-hybridized carbons (Fsp3) is 0.286. The molecular formula is C14H17N3O2S. The topological polar surface area (TPSA) is 74.2 Å². The summed E-state index contributed by atoms with van der Waals surface area (Å²) in [7, 11) is 0. The molecule has 2 rings (SSSR count). The van der Waals surface area contributed by atoms with Crippen LogP contribution in [0.25, 0.3) is 0 Å². The molecule has 106 valence electrons. The van der Waals surface area contributed by atoms with Crippen molar-refractivity contribution in [2.45, 2.75) is 26.9 Å². The van der Waals surface area contributed by atoms with Crippen molar-refractivity contribution in [3.05, 3.63) is 40.4 Å². The zero-order valence-corrected chi connectivity index (χ0v) is 12.4. The number of carbonyl (C=O) groups is 1. The van der Waals surface area contributed by atoms with Crippen LogP contribution >= 0.6 is 11.3 Å². The summed E-state index contributed by atoms with van der Waals surface area (Å²) in [4.78, 5) is 17.1. The van der Waals surface area contributed by atoms with E-state index < -0.39 is 6.10 Å². The summed E-state index contributed by atoms with van der Waals surface area (Å²) in [6.07, 6.45) is -0.515. The van der Waals surface area contributed by atoms with Gasteiger partial charge in [0.2, 0.25) is 0 Å². The van der Waals surface area contributed by atoms with Crippen LogP contribution < -0.4 is 10.6 Å². The molecule has 2 amide bonds. The Bertz CT molecular complexity index is 586. The zero-order valence-electron chi connectivity index (χ0n) is 11.6. The molecule has 0 bridgehead atoms. The lowest BCUT2D eigenvalue weighted by Gasteiger charge is -2.08. The predicted octanol–water partition coefficient (Wildman–Crippen LogP) is 3.46. The van der Waals surface area contributed by atoms with E-state index in [1.807, 2.05) is 13.8 Å². The first-order valence-corrected chi connectivity index (χ1v) is 7.07. The van der Waals surface area contributed by atoms with Gasteiger partial charge in [0.15, 0.2) is 5.13 Å². The van der Waals surface area contributed by atoms with E-state index in [0.29, 0.717) is 10.8 Å². The highest BCUT2D eigenvalue weighted by Gasteiger charge is 2.08. The Labute approximate surface area is 121 Å². The Morgan fingerprint density at radius 3 is 2.40 bits per heavy atom. The Morgan fingerprint density at radius 1 is 1.25 bits per heavy atom.